The third-order valence-electron chi connectivity index (χ3n) is 5.60. The number of benzene rings is 2. The number of para-hydroxylation sites is 1. The van der Waals surface area contributed by atoms with Gasteiger partial charge in [-0.1, -0.05) is 49.4 Å². The van der Waals surface area contributed by atoms with Crippen molar-refractivity contribution in [3.63, 3.8) is 0 Å². The molecule has 1 aliphatic rings. The van der Waals surface area contributed by atoms with Crippen LogP contribution in [0.25, 0.3) is 16.9 Å². The molecule has 0 radical (unpaired) electrons. The smallest absolute Gasteiger partial charge is 0.239 e. The molecule has 3 aromatic rings. The Bertz CT molecular complexity index is 973. The zero-order valence-electron chi connectivity index (χ0n) is 17.7. The lowest BCUT2D eigenvalue weighted by molar-refractivity contribution is -0.117. The minimum Gasteiger partial charge on any atom is -0.309 e. The summed E-state index contributed by atoms with van der Waals surface area (Å²) in [6.07, 6.45) is 1.01. The summed E-state index contributed by atoms with van der Waals surface area (Å²) in [6, 6.07) is 20.3. The fourth-order valence-electron chi connectivity index (χ4n) is 3.68. The monoisotopic (exact) mass is 403 g/mol. The van der Waals surface area contributed by atoms with Crippen LogP contribution in [0.3, 0.4) is 0 Å². The Labute approximate surface area is 178 Å². The van der Waals surface area contributed by atoms with Crippen LogP contribution in [0.2, 0.25) is 0 Å². The van der Waals surface area contributed by atoms with E-state index in [1.54, 1.807) is 0 Å². The van der Waals surface area contributed by atoms with Gasteiger partial charge in [0.25, 0.3) is 0 Å². The van der Waals surface area contributed by atoms with Gasteiger partial charge in [0, 0.05) is 37.8 Å². The Morgan fingerprint density at radius 2 is 1.70 bits per heavy atom. The predicted octanol–water partition coefficient (Wildman–Crippen LogP) is 3.29. The van der Waals surface area contributed by atoms with E-state index in [9.17, 15) is 4.79 Å². The molecule has 4 rings (SSSR count). The van der Waals surface area contributed by atoms with Crippen LogP contribution in [0.5, 0.6) is 0 Å². The maximum Gasteiger partial charge on any atom is 0.239 e. The summed E-state index contributed by atoms with van der Waals surface area (Å²) in [6.45, 7) is 6.36. The quantitative estimate of drug-likeness (QED) is 0.686. The van der Waals surface area contributed by atoms with Gasteiger partial charge in [0.05, 0.1) is 17.9 Å². The Morgan fingerprint density at radius 3 is 2.37 bits per heavy atom. The molecule has 1 N–H and O–H groups in total. The molecule has 0 spiro atoms. The number of piperazine rings is 1. The standard InChI is InChI=1S/C24H29N5O/c1-3-19-9-11-20(12-10-19)22-17-23(29(26-22)21-7-5-4-6-8-21)25-24(30)18-28-15-13-27(2)14-16-28/h4-12,17H,3,13-16,18H2,1-2H3,(H,25,30). The summed E-state index contributed by atoms with van der Waals surface area (Å²) in [5.41, 5.74) is 4.10. The summed E-state index contributed by atoms with van der Waals surface area (Å²) < 4.78 is 1.81. The number of nitrogens with one attached hydrogen (secondary N) is 1. The topological polar surface area (TPSA) is 53.4 Å². The van der Waals surface area contributed by atoms with Crippen molar-refractivity contribution in [3.05, 3.63) is 66.2 Å². The van der Waals surface area contributed by atoms with Crippen molar-refractivity contribution in [3.8, 4) is 16.9 Å². The Hall–Kier alpha value is -2.96. The summed E-state index contributed by atoms with van der Waals surface area (Å²) in [7, 11) is 2.12. The number of likely N-dealkylation sites (N-methyl/N-ethyl adjacent to an activating group) is 1. The zero-order valence-corrected chi connectivity index (χ0v) is 17.7. The molecular weight excluding hydrogens is 374 g/mol. The molecule has 0 unspecified atom stereocenters. The van der Waals surface area contributed by atoms with E-state index in [1.165, 1.54) is 5.56 Å². The molecule has 1 fully saturated rings. The second-order valence-corrected chi connectivity index (χ2v) is 7.84. The van der Waals surface area contributed by atoms with Crippen molar-refractivity contribution in [2.75, 3.05) is 45.1 Å². The highest BCUT2D eigenvalue weighted by Crippen LogP contribution is 2.25. The molecule has 1 saturated heterocycles. The second kappa shape index (κ2) is 9.24. The highest BCUT2D eigenvalue weighted by atomic mass is 16.2. The van der Waals surface area contributed by atoms with Crippen molar-refractivity contribution in [2.45, 2.75) is 13.3 Å². The molecule has 156 valence electrons. The van der Waals surface area contributed by atoms with Gasteiger partial charge < -0.3 is 10.2 Å². The highest BCUT2D eigenvalue weighted by Gasteiger charge is 2.19. The van der Waals surface area contributed by atoms with E-state index in [1.807, 2.05) is 41.1 Å². The highest BCUT2D eigenvalue weighted by molar-refractivity contribution is 5.92. The maximum atomic E-state index is 12.8. The van der Waals surface area contributed by atoms with Gasteiger partial charge in [0.15, 0.2) is 0 Å². The van der Waals surface area contributed by atoms with Crippen LogP contribution in [0.15, 0.2) is 60.7 Å². The minimum absolute atomic E-state index is 0.00971. The number of carbonyl (C=O) groups is 1. The van der Waals surface area contributed by atoms with Crippen molar-refractivity contribution in [2.24, 2.45) is 0 Å². The average Bonchev–Trinajstić information content (AvgIpc) is 3.19. The first-order chi connectivity index (χ1) is 14.6. The lowest BCUT2D eigenvalue weighted by atomic mass is 10.1. The largest absolute Gasteiger partial charge is 0.309 e. The van der Waals surface area contributed by atoms with Crippen molar-refractivity contribution in [1.82, 2.24) is 19.6 Å². The van der Waals surface area contributed by atoms with Crippen LogP contribution < -0.4 is 5.32 Å². The van der Waals surface area contributed by atoms with Gasteiger partial charge in [-0.15, -0.1) is 0 Å². The molecule has 0 aliphatic carbocycles. The fourth-order valence-corrected chi connectivity index (χ4v) is 3.68. The van der Waals surface area contributed by atoms with E-state index in [-0.39, 0.29) is 5.91 Å². The van der Waals surface area contributed by atoms with Gasteiger partial charge in [0.1, 0.15) is 5.82 Å². The van der Waals surface area contributed by atoms with Crippen LogP contribution in [0.1, 0.15) is 12.5 Å². The zero-order chi connectivity index (χ0) is 20.9. The number of nitrogens with zero attached hydrogens (tertiary/aromatic N) is 4. The first-order valence-corrected chi connectivity index (χ1v) is 10.6. The van der Waals surface area contributed by atoms with E-state index >= 15 is 0 Å². The number of anilines is 1. The SMILES string of the molecule is CCc1ccc(-c2cc(NC(=O)CN3CCN(C)CC3)n(-c3ccccc3)n2)cc1. The average molecular weight is 404 g/mol. The predicted molar refractivity (Wildman–Crippen MR) is 121 cm³/mol. The van der Waals surface area contributed by atoms with Gasteiger partial charge in [-0.3, -0.25) is 9.69 Å². The van der Waals surface area contributed by atoms with Crippen LogP contribution in [-0.4, -0.2) is 65.3 Å². The van der Waals surface area contributed by atoms with Gasteiger partial charge in [0.2, 0.25) is 5.91 Å². The summed E-state index contributed by atoms with van der Waals surface area (Å²) in [5, 5.41) is 7.88. The molecule has 1 aromatic heterocycles. The van der Waals surface area contributed by atoms with Crippen LogP contribution >= 0.6 is 0 Å². The molecule has 1 amide bonds. The Balaban J connectivity index is 1.57. The first-order valence-electron chi connectivity index (χ1n) is 10.6. The molecule has 0 saturated carbocycles. The van der Waals surface area contributed by atoms with Gasteiger partial charge in [-0.25, -0.2) is 4.68 Å². The lowest BCUT2D eigenvalue weighted by Gasteiger charge is -2.31. The third kappa shape index (κ3) is 4.78. The van der Waals surface area contributed by atoms with E-state index < -0.39 is 0 Å². The number of rotatable bonds is 6. The molecule has 30 heavy (non-hydrogen) atoms. The number of hydrogen-bond acceptors (Lipinski definition) is 4. The Morgan fingerprint density at radius 1 is 1.00 bits per heavy atom. The molecular formula is C24H29N5O. The lowest BCUT2D eigenvalue weighted by Crippen LogP contribution is -2.47. The fraction of sp³-hybridized carbons (Fsp3) is 0.333. The van der Waals surface area contributed by atoms with Crippen molar-refractivity contribution >= 4 is 11.7 Å². The molecule has 0 atom stereocenters. The van der Waals surface area contributed by atoms with E-state index in [0.29, 0.717) is 12.4 Å². The van der Waals surface area contributed by atoms with Crippen LogP contribution in [0, 0.1) is 0 Å². The number of hydrogen-bond donors (Lipinski definition) is 1. The molecule has 2 heterocycles. The first kappa shape index (κ1) is 20.3. The summed E-state index contributed by atoms with van der Waals surface area (Å²) in [5.74, 6) is 0.680. The number of aromatic nitrogens is 2. The summed E-state index contributed by atoms with van der Waals surface area (Å²) >= 11 is 0. The molecule has 6 nitrogen and oxygen atoms in total. The molecule has 1 aliphatic heterocycles. The van der Waals surface area contributed by atoms with E-state index in [0.717, 1.165) is 49.5 Å². The minimum atomic E-state index is -0.00971. The molecule has 6 heteroatoms. The van der Waals surface area contributed by atoms with Gasteiger partial charge in [-0.2, -0.15) is 5.10 Å². The van der Waals surface area contributed by atoms with Gasteiger partial charge >= 0.3 is 0 Å². The van der Waals surface area contributed by atoms with Crippen molar-refractivity contribution in [1.29, 1.82) is 0 Å². The third-order valence-corrected chi connectivity index (χ3v) is 5.60. The van der Waals surface area contributed by atoms with E-state index in [2.05, 4.69) is 53.4 Å². The van der Waals surface area contributed by atoms with Crippen LogP contribution in [-0.2, 0) is 11.2 Å². The number of aryl methyl sites for hydroxylation is 1. The van der Waals surface area contributed by atoms with Gasteiger partial charge in [-0.05, 0) is 31.2 Å². The molecule has 0 bridgehead atoms. The normalized spacial score (nSPS) is 15.3. The number of amides is 1. The second-order valence-electron chi connectivity index (χ2n) is 7.84. The van der Waals surface area contributed by atoms with E-state index in [4.69, 9.17) is 5.10 Å². The number of carbonyl (C=O) groups excluding carboxylic acids is 1. The Kier molecular flexibility index (Phi) is 6.26. The molecule has 2 aromatic carbocycles. The summed E-state index contributed by atoms with van der Waals surface area (Å²) in [4.78, 5) is 17.3. The van der Waals surface area contributed by atoms with Crippen molar-refractivity contribution < 1.29 is 4.79 Å². The van der Waals surface area contributed by atoms with Crippen LogP contribution in [0.4, 0.5) is 5.82 Å². The maximum absolute atomic E-state index is 12.8.